The maximum Gasteiger partial charge on any atom is 0.118 e. The highest BCUT2D eigenvalue weighted by Gasteiger charge is 2.53. The molecule has 0 spiro atoms. The van der Waals surface area contributed by atoms with Crippen molar-refractivity contribution < 1.29 is 4.74 Å². The average molecular weight is 254 g/mol. The van der Waals surface area contributed by atoms with Crippen LogP contribution in [-0.4, -0.2) is 7.11 Å². The van der Waals surface area contributed by atoms with Crippen LogP contribution in [0.5, 0.6) is 5.75 Å². The number of hydrogen-bond donors (Lipinski definition) is 0. The summed E-state index contributed by atoms with van der Waals surface area (Å²) in [5, 5.41) is 0. The van der Waals surface area contributed by atoms with Crippen molar-refractivity contribution in [1.82, 2.24) is 0 Å². The second kappa shape index (κ2) is 3.88. The molecule has 1 heteroatoms. The molecule has 1 aromatic carbocycles. The molecule has 4 atom stereocenters. The van der Waals surface area contributed by atoms with E-state index < -0.39 is 0 Å². The lowest BCUT2D eigenvalue weighted by Gasteiger charge is -2.58. The van der Waals surface area contributed by atoms with Gasteiger partial charge in [0.25, 0.3) is 0 Å². The SMILES string of the molecule is C=C1[C@@H]2CC3C[C@H]1CC(c1ccc(OC)cc1)(C3)C2. The molecule has 0 amide bonds. The van der Waals surface area contributed by atoms with E-state index in [1.807, 2.05) is 0 Å². The summed E-state index contributed by atoms with van der Waals surface area (Å²) in [5.41, 5.74) is 3.56. The molecule has 5 rings (SSSR count). The summed E-state index contributed by atoms with van der Waals surface area (Å²) in [4.78, 5) is 0. The lowest BCUT2D eigenvalue weighted by molar-refractivity contribution is 0.0408. The van der Waals surface area contributed by atoms with E-state index in [0.29, 0.717) is 5.41 Å². The zero-order valence-electron chi connectivity index (χ0n) is 11.7. The van der Waals surface area contributed by atoms with Crippen LogP contribution in [0, 0.1) is 17.8 Å². The molecule has 100 valence electrons. The van der Waals surface area contributed by atoms with E-state index in [0.717, 1.165) is 23.5 Å². The van der Waals surface area contributed by atoms with Crippen LogP contribution < -0.4 is 4.74 Å². The van der Waals surface area contributed by atoms with Gasteiger partial charge in [-0.25, -0.2) is 0 Å². The van der Waals surface area contributed by atoms with E-state index in [2.05, 4.69) is 30.8 Å². The summed E-state index contributed by atoms with van der Waals surface area (Å²) in [6.45, 7) is 4.39. The lowest BCUT2D eigenvalue weighted by Crippen LogP contribution is -2.49. The monoisotopic (exact) mass is 254 g/mol. The highest BCUT2D eigenvalue weighted by atomic mass is 16.5. The standard InChI is InChI=1S/C18H22O/c1-12-14-7-13-8-15(12)11-18(9-13,10-14)16-3-5-17(19-2)6-4-16/h3-6,13-15H,1,7-11H2,2H3/t13?,14-,15+,18?. The Kier molecular flexibility index (Phi) is 2.36. The third-order valence-electron chi connectivity index (χ3n) is 5.94. The minimum atomic E-state index is 0.448. The van der Waals surface area contributed by atoms with Gasteiger partial charge in [-0.1, -0.05) is 24.3 Å². The van der Waals surface area contributed by atoms with Crippen molar-refractivity contribution in [2.45, 2.75) is 37.5 Å². The van der Waals surface area contributed by atoms with Gasteiger partial charge in [-0.15, -0.1) is 0 Å². The van der Waals surface area contributed by atoms with Crippen molar-refractivity contribution in [1.29, 1.82) is 0 Å². The van der Waals surface area contributed by atoms with Crippen LogP contribution in [-0.2, 0) is 5.41 Å². The number of allylic oxidation sites excluding steroid dienone is 1. The average Bonchev–Trinajstić information content (AvgIpc) is 2.44. The Morgan fingerprint density at radius 2 is 1.68 bits per heavy atom. The molecule has 4 fully saturated rings. The minimum Gasteiger partial charge on any atom is -0.497 e. The van der Waals surface area contributed by atoms with Gasteiger partial charge in [0, 0.05) is 0 Å². The zero-order valence-corrected chi connectivity index (χ0v) is 11.7. The van der Waals surface area contributed by atoms with E-state index in [9.17, 15) is 0 Å². The van der Waals surface area contributed by atoms with Crippen LogP contribution in [0.1, 0.15) is 37.7 Å². The van der Waals surface area contributed by atoms with E-state index in [4.69, 9.17) is 4.74 Å². The van der Waals surface area contributed by atoms with Crippen molar-refractivity contribution in [3.05, 3.63) is 42.0 Å². The fourth-order valence-electron chi connectivity index (χ4n) is 5.18. The number of ether oxygens (including phenoxy) is 1. The molecular formula is C18H22O. The molecule has 2 unspecified atom stereocenters. The summed E-state index contributed by atoms with van der Waals surface area (Å²) >= 11 is 0. The molecule has 4 saturated carbocycles. The van der Waals surface area contributed by atoms with Crippen molar-refractivity contribution in [3.8, 4) is 5.75 Å². The van der Waals surface area contributed by atoms with Crippen molar-refractivity contribution in [2.75, 3.05) is 7.11 Å². The van der Waals surface area contributed by atoms with E-state index in [1.54, 1.807) is 18.2 Å². The van der Waals surface area contributed by atoms with Gasteiger partial charge in [0.1, 0.15) is 5.75 Å². The Bertz CT molecular complexity index is 495. The molecule has 1 aromatic rings. The Labute approximate surface area is 115 Å². The largest absolute Gasteiger partial charge is 0.497 e. The molecule has 4 aliphatic rings. The van der Waals surface area contributed by atoms with Gasteiger partial charge >= 0.3 is 0 Å². The molecule has 1 nitrogen and oxygen atoms in total. The molecule has 0 N–H and O–H groups in total. The summed E-state index contributed by atoms with van der Waals surface area (Å²) in [6, 6.07) is 8.86. The Balaban J connectivity index is 1.71. The summed E-state index contributed by atoms with van der Waals surface area (Å²) < 4.78 is 5.29. The predicted octanol–water partition coefficient (Wildman–Crippen LogP) is 4.33. The summed E-state index contributed by atoms with van der Waals surface area (Å²) in [6.07, 6.45) is 6.90. The van der Waals surface area contributed by atoms with Gasteiger partial charge in [0.2, 0.25) is 0 Å². The van der Waals surface area contributed by atoms with Gasteiger partial charge < -0.3 is 4.74 Å². The van der Waals surface area contributed by atoms with Gasteiger partial charge in [-0.3, -0.25) is 0 Å². The first-order valence-electron chi connectivity index (χ1n) is 7.53. The molecule has 0 saturated heterocycles. The number of benzene rings is 1. The van der Waals surface area contributed by atoms with Gasteiger partial charge in [0.15, 0.2) is 0 Å². The molecular weight excluding hydrogens is 232 g/mol. The molecule has 0 radical (unpaired) electrons. The first-order valence-corrected chi connectivity index (χ1v) is 7.53. The molecule has 0 aromatic heterocycles. The van der Waals surface area contributed by atoms with Crippen molar-refractivity contribution >= 4 is 0 Å². The zero-order chi connectivity index (χ0) is 13.0. The third-order valence-corrected chi connectivity index (χ3v) is 5.94. The quantitative estimate of drug-likeness (QED) is 0.714. The fraction of sp³-hybridized carbons (Fsp3) is 0.556. The number of rotatable bonds is 2. The number of methoxy groups -OCH3 is 1. The highest BCUT2D eigenvalue weighted by molar-refractivity contribution is 5.37. The summed E-state index contributed by atoms with van der Waals surface area (Å²) in [7, 11) is 1.74. The molecule has 4 bridgehead atoms. The summed E-state index contributed by atoms with van der Waals surface area (Å²) in [5.74, 6) is 3.52. The Morgan fingerprint density at radius 3 is 2.26 bits per heavy atom. The van der Waals surface area contributed by atoms with Gasteiger partial charge in [-0.2, -0.15) is 0 Å². The van der Waals surface area contributed by atoms with E-state index in [1.165, 1.54) is 32.1 Å². The maximum atomic E-state index is 5.29. The van der Waals surface area contributed by atoms with Crippen LogP contribution in [0.15, 0.2) is 36.4 Å². The van der Waals surface area contributed by atoms with Crippen molar-refractivity contribution in [3.63, 3.8) is 0 Å². The Morgan fingerprint density at radius 1 is 1.05 bits per heavy atom. The molecule has 19 heavy (non-hydrogen) atoms. The van der Waals surface area contributed by atoms with Crippen LogP contribution in [0.3, 0.4) is 0 Å². The first kappa shape index (κ1) is 11.6. The lowest BCUT2D eigenvalue weighted by atomic mass is 9.47. The molecule has 4 aliphatic carbocycles. The maximum absolute atomic E-state index is 5.29. The first-order chi connectivity index (χ1) is 9.20. The van der Waals surface area contributed by atoms with E-state index >= 15 is 0 Å². The third kappa shape index (κ3) is 1.60. The van der Waals surface area contributed by atoms with Crippen molar-refractivity contribution in [2.24, 2.45) is 17.8 Å². The normalized spacial score (nSPS) is 39.6. The Hall–Kier alpha value is -1.24. The predicted molar refractivity (Wildman–Crippen MR) is 77.4 cm³/mol. The van der Waals surface area contributed by atoms with Gasteiger partial charge in [-0.05, 0) is 73.0 Å². The topological polar surface area (TPSA) is 9.23 Å². The van der Waals surface area contributed by atoms with E-state index in [-0.39, 0.29) is 0 Å². The second-order valence-corrected chi connectivity index (χ2v) is 6.93. The van der Waals surface area contributed by atoms with Crippen LogP contribution in [0.4, 0.5) is 0 Å². The van der Waals surface area contributed by atoms with Gasteiger partial charge in [0.05, 0.1) is 7.11 Å². The van der Waals surface area contributed by atoms with Crippen LogP contribution in [0.2, 0.25) is 0 Å². The van der Waals surface area contributed by atoms with Crippen LogP contribution >= 0.6 is 0 Å². The number of hydrogen-bond acceptors (Lipinski definition) is 1. The fourth-order valence-corrected chi connectivity index (χ4v) is 5.18. The second-order valence-electron chi connectivity index (χ2n) is 6.93. The minimum absolute atomic E-state index is 0.448. The highest BCUT2D eigenvalue weighted by Crippen LogP contribution is 2.62. The molecule has 0 heterocycles. The smallest absolute Gasteiger partial charge is 0.118 e. The van der Waals surface area contributed by atoms with Crippen LogP contribution in [0.25, 0.3) is 0 Å². The molecule has 0 aliphatic heterocycles.